The number of hydrogen-bond donors (Lipinski definition) is 5. The van der Waals surface area contributed by atoms with Crippen LogP contribution < -0.4 is 39.2 Å². The largest absolute Gasteiger partial charge is 0.497 e. The van der Waals surface area contributed by atoms with Crippen molar-refractivity contribution in [2.45, 2.75) is 100 Å². The lowest BCUT2D eigenvalue weighted by Gasteiger charge is -2.28. The van der Waals surface area contributed by atoms with Crippen molar-refractivity contribution in [1.29, 1.82) is 0 Å². The van der Waals surface area contributed by atoms with Crippen molar-refractivity contribution in [2.24, 2.45) is 0 Å². The number of nitrogens with one attached hydrogen (secondary N) is 2. The number of aryl methyl sites for hydroxylation is 3. The van der Waals surface area contributed by atoms with Crippen LogP contribution >= 0.6 is 46.4 Å². The van der Waals surface area contributed by atoms with Gasteiger partial charge in [0.2, 0.25) is 0 Å². The van der Waals surface area contributed by atoms with Gasteiger partial charge >= 0.3 is 0 Å². The monoisotopic (exact) mass is 2110 g/mol. The van der Waals surface area contributed by atoms with E-state index in [4.69, 9.17) is 62.6 Å². The number of ether oxygens (including phenoxy) is 1. The number of methoxy groups -OCH3 is 1. The summed E-state index contributed by atoms with van der Waals surface area (Å²) in [6.07, 6.45) is 24.0. The minimum atomic E-state index is -4.63. The highest BCUT2D eigenvalue weighted by molar-refractivity contribution is 8.10. The molecular weight excluding hydrogens is 2000 g/mol. The fraction of sp³-hybridized carbons (Fsp3) is 0.147. The van der Waals surface area contributed by atoms with Crippen molar-refractivity contribution in [3.63, 3.8) is 0 Å². The van der Waals surface area contributed by atoms with Gasteiger partial charge in [-0.05, 0) is 359 Å². The van der Waals surface area contributed by atoms with Crippen LogP contribution in [0.15, 0.2) is 378 Å². The van der Waals surface area contributed by atoms with Gasteiger partial charge in [0, 0.05) is 108 Å². The molecule has 0 unspecified atom stereocenters. The summed E-state index contributed by atoms with van der Waals surface area (Å²) in [5.74, 6) is -0.237. The molecule has 2 aliphatic heterocycles. The number of benzene rings is 14. The molecule has 2 saturated heterocycles. The van der Waals surface area contributed by atoms with Crippen LogP contribution in [0.1, 0.15) is 155 Å². The fourth-order valence-electron chi connectivity index (χ4n) is 14.8. The Hall–Kier alpha value is -14.6. The molecule has 0 atom stereocenters. The third kappa shape index (κ3) is 33.0. The van der Waals surface area contributed by atoms with Crippen molar-refractivity contribution in [1.82, 2.24) is 0 Å². The number of nitrogens with two attached hydrogens (primary N) is 2. The lowest BCUT2D eigenvalue weighted by Crippen LogP contribution is -2.37. The number of carbonyl (C=O) groups excluding carboxylic acids is 5. The van der Waals surface area contributed by atoms with Gasteiger partial charge in [-0.2, -0.15) is 3.71 Å². The molecule has 16 rings (SSSR count). The Morgan fingerprint density at radius 1 is 0.356 bits per heavy atom. The van der Waals surface area contributed by atoms with Crippen LogP contribution in [0.25, 0.3) is 30.4 Å². The lowest BCUT2D eigenvalue weighted by atomic mass is 10.0. The average Bonchev–Trinajstić information content (AvgIpc) is 0.745. The molecule has 754 valence electrons. The maximum Gasteiger partial charge on any atom is 0.277 e. The van der Waals surface area contributed by atoms with E-state index in [0.717, 1.165) is 76.3 Å². The number of aliphatic hydroxyl groups is 1. The third-order valence-electron chi connectivity index (χ3n) is 22.9. The van der Waals surface area contributed by atoms with E-state index in [1.807, 2.05) is 87.5 Å². The van der Waals surface area contributed by atoms with E-state index in [2.05, 4.69) is 67.8 Å². The van der Waals surface area contributed by atoms with Crippen molar-refractivity contribution in [2.75, 3.05) is 67.7 Å². The van der Waals surface area contributed by atoms with Crippen molar-refractivity contribution in [3.8, 4) is 5.75 Å². The molecule has 0 saturated carbocycles. The highest BCUT2D eigenvalue weighted by Gasteiger charge is 2.37. The maximum atomic E-state index is 13.7. The first kappa shape index (κ1) is 113. The van der Waals surface area contributed by atoms with Crippen LogP contribution in [-0.4, -0.2) is 101 Å². The lowest BCUT2D eigenvalue weighted by molar-refractivity contribution is 0.103. The van der Waals surface area contributed by atoms with E-state index in [9.17, 15) is 62.8 Å². The minimum absolute atomic E-state index is 0. The Morgan fingerprint density at radius 3 is 1.07 bits per heavy atom. The number of rotatable bonds is 30. The highest BCUT2D eigenvalue weighted by Crippen LogP contribution is 2.35. The quantitative estimate of drug-likeness (QED) is 0.0159. The molecule has 146 heavy (non-hydrogen) atoms. The second-order valence-electron chi connectivity index (χ2n) is 33.4. The second-order valence-corrected chi connectivity index (χ2v) is 42.4. The topological polar surface area (TPSA) is 337 Å². The van der Waals surface area contributed by atoms with E-state index in [1.165, 1.54) is 202 Å². The predicted octanol–water partition coefficient (Wildman–Crippen LogP) is 26.6. The summed E-state index contributed by atoms with van der Waals surface area (Å²) < 4.78 is 115. The Balaban J connectivity index is 0.000000189. The summed E-state index contributed by atoms with van der Waals surface area (Å²) in [5, 5.41) is 10.7. The zero-order valence-corrected chi connectivity index (χ0v) is 85.3. The summed E-state index contributed by atoms with van der Waals surface area (Å²) in [5.41, 5.74) is 26.2. The van der Waals surface area contributed by atoms with E-state index < -0.39 is 40.1 Å². The van der Waals surface area contributed by atoms with Gasteiger partial charge < -0.3 is 31.1 Å². The maximum absolute atomic E-state index is 13.7. The molecule has 14 aromatic rings. The molecule has 14 aromatic carbocycles. The molecule has 0 spiro atoms. The van der Waals surface area contributed by atoms with E-state index in [-0.39, 0.29) is 96.9 Å². The Labute approximate surface area is 875 Å². The van der Waals surface area contributed by atoms with E-state index in [0.29, 0.717) is 58.8 Å². The van der Waals surface area contributed by atoms with E-state index >= 15 is 0 Å². The molecule has 0 bridgehead atoms. The van der Waals surface area contributed by atoms with Gasteiger partial charge in [-0.3, -0.25) is 33.4 Å². The smallest absolute Gasteiger partial charge is 0.277 e. The Bertz CT molecular complexity index is 7450. The number of piperidine rings is 2. The van der Waals surface area contributed by atoms with Gasteiger partial charge in [0.25, 0.3) is 40.1 Å². The summed E-state index contributed by atoms with van der Waals surface area (Å²) in [6, 6.07) is 89.4. The summed E-state index contributed by atoms with van der Waals surface area (Å²) in [4.78, 5) is 66.6. The molecular formula is C116H113Cl4N7O15S4. The third-order valence-corrected chi connectivity index (χ3v) is 30.9. The zero-order chi connectivity index (χ0) is 103. The standard InChI is InChI=1S/C29H23Cl2NO6S2.C23H20ClNO4S.C22H18ClNO3S.2C20H22N2O.2CH4/c1-20-3-13-26(38-2)19-22(20)6-18-29(33)21-4-11-25(12-5-21)32(39(34,35)27-14-7-23(30)8-15-27)40(36,37)28-16-9-24(31)10-17-28;1-16-5-6-17(15-26)13-18(16)7-12-23(27)19-3-2-4-21(14-19)25-30(28,29)22-10-8-20(24)9-11-22;1-16-5-7-17(8-6-16)9-14-22(25)18-3-2-4-20(15-18)24-28(26,27)21-12-10-19(23)11-13-21;21-18-9-7-17(8-10-18)20(23)13-6-16-4-11-19(12-5-16)22-14-2-1-3-15-22;21-18-6-4-5-17(15-18)20(23)12-9-16-7-10-19(11-8-16)22-13-2-1-3-14-22;;/h3-19H,1-2H3;2-14,25-26H,15H2,1H3;2-15,24H,1H3;4-13H,1-3,14-15,21H2;4-12,15H,1-3,13-14,21H2;2*1H4/b18-6+;12-7+;14-9+;13-6+;12-9+;;. The summed E-state index contributed by atoms with van der Waals surface area (Å²) >= 11 is 23.4. The molecule has 2 fully saturated rings. The van der Waals surface area contributed by atoms with Crippen molar-refractivity contribution >= 4 is 186 Å². The van der Waals surface area contributed by atoms with Crippen LogP contribution in [0.4, 0.5) is 39.8 Å². The Kier molecular flexibility index (Phi) is 41.8. The Morgan fingerprint density at radius 2 is 0.692 bits per heavy atom. The zero-order valence-electron chi connectivity index (χ0n) is 79.0. The van der Waals surface area contributed by atoms with Gasteiger partial charge in [0.05, 0.1) is 39.0 Å². The van der Waals surface area contributed by atoms with Gasteiger partial charge in [-0.1, -0.05) is 200 Å². The highest BCUT2D eigenvalue weighted by atomic mass is 35.5. The van der Waals surface area contributed by atoms with Crippen LogP contribution in [0, 0.1) is 20.8 Å². The first-order valence-electron chi connectivity index (χ1n) is 45.6. The SMILES string of the molecule is C.C.COc1ccc(C)c(/C=C/C(=O)c2ccc(N(S(=O)(=O)c3ccc(Cl)cc3)S(=O)(=O)c3ccc(Cl)cc3)cc2)c1.Cc1ccc(/C=C/C(=O)c2cccc(NS(=O)(=O)c3ccc(Cl)cc3)c2)cc1.Cc1ccc(CO)cc1/C=C/C(=O)c1cccc(NS(=O)(=O)c2ccc(Cl)cc2)c1.Nc1ccc(C(=O)/C=C/c2ccc(N3CCCCC3)cc2)cc1.Nc1cccc(C(=O)/C=C/c2ccc(N3CCCCC3)cc2)c1. The molecule has 0 aliphatic carbocycles. The van der Waals surface area contributed by atoms with Crippen molar-refractivity contribution < 1.29 is 67.5 Å². The average molecular weight is 2120 g/mol. The van der Waals surface area contributed by atoms with Crippen LogP contribution in [0.5, 0.6) is 5.75 Å². The van der Waals surface area contributed by atoms with Gasteiger partial charge in [-0.25, -0.2) is 33.7 Å². The summed E-state index contributed by atoms with van der Waals surface area (Å²) in [7, 11) is -15.3. The number of aliphatic hydroxyl groups excluding tert-OH is 1. The number of nitrogen functional groups attached to an aromatic ring is 2. The van der Waals surface area contributed by atoms with Crippen molar-refractivity contribution in [3.05, 3.63) is 456 Å². The molecule has 2 heterocycles. The van der Waals surface area contributed by atoms with Gasteiger partial charge in [0.1, 0.15) is 5.75 Å². The number of allylic oxidation sites excluding steroid dienone is 5. The predicted molar refractivity (Wildman–Crippen MR) is 597 cm³/mol. The van der Waals surface area contributed by atoms with Gasteiger partial charge in [-0.15, -0.1) is 0 Å². The van der Waals surface area contributed by atoms with Gasteiger partial charge in [0.15, 0.2) is 28.9 Å². The molecule has 30 heteroatoms. The molecule has 0 radical (unpaired) electrons. The molecule has 0 amide bonds. The number of sulfonamides is 4. The molecule has 2 aliphatic rings. The molecule has 22 nitrogen and oxygen atoms in total. The van der Waals surface area contributed by atoms with Crippen LogP contribution in [-0.2, 0) is 46.7 Å². The number of anilines is 7. The minimum Gasteiger partial charge on any atom is -0.497 e. The first-order valence-corrected chi connectivity index (χ1v) is 53.0. The fourth-order valence-corrected chi connectivity index (χ4v) is 21.1. The summed E-state index contributed by atoms with van der Waals surface area (Å²) in [6.45, 7) is 10.3. The van der Waals surface area contributed by atoms with Crippen LogP contribution in [0.2, 0.25) is 20.1 Å². The van der Waals surface area contributed by atoms with Crippen LogP contribution in [0.3, 0.4) is 0 Å². The number of carbonyl (C=O) groups is 5. The molecule has 0 aromatic heterocycles. The number of ketones is 5. The second kappa shape index (κ2) is 53.9. The molecule has 7 N–H and O–H groups in total. The number of halogens is 4. The number of hydrogen-bond acceptors (Lipinski definition) is 19. The number of nitrogens with zero attached hydrogens (tertiary/aromatic N) is 3. The van der Waals surface area contributed by atoms with E-state index in [1.54, 1.807) is 128 Å². The normalized spacial score (nSPS) is 12.6. The first-order chi connectivity index (χ1) is 69.0.